The molecule has 1 aliphatic carbocycles. The summed E-state index contributed by atoms with van der Waals surface area (Å²) in [6.45, 7) is 1.92. The van der Waals surface area contributed by atoms with E-state index in [4.69, 9.17) is 4.98 Å². The Hall–Kier alpha value is -2.08. The molecular weight excluding hydrogens is 326 g/mol. The number of hydrogen-bond acceptors (Lipinski definition) is 3. The average Bonchev–Trinajstić information content (AvgIpc) is 3.34. The molecule has 2 aromatic rings. The highest BCUT2D eigenvalue weighted by Gasteiger charge is 2.31. The van der Waals surface area contributed by atoms with Crippen LogP contribution in [0.4, 0.5) is 0 Å². The van der Waals surface area contributed by atoms with E-state index in [9.17, 15) is 4.79 Å². The molecule has 26 heavy (non-hydrogen) atoms. The number of nitrogens with one attached hydrogen (secondary N) is 1. The standard InChI is InChI=1S/C20H29N5O/c1-23(2)20(26)16-11-10-14(21-16)13-25-12-6-9-18(25)19-22-15-7-4-5-8-17(15)24(19)3/h10-11,18,21H,4-9,12-13H2,1-3H3. The topological polar surface area (TPSA) is 57.2 Å². The van der Waals surface area contributed by atoms with Gasteiger partial charge in [0.05, 0.1) is 11.7 Å². The van der Waals surface area contributed by atoms with Gasteiger partial charge in [0.2, 0.25) is 0 Å². The van der Waals surface area contributed by atoms with Gasteiger partial charge >= 0.3 is 0 Å². The zero-order chi connectivity index (χ0) is 18.3. The van der Waals surface area contributed by atoms with Gasteiger partial charge in [-0.05, 0) is 57.2 Å². The maximum absolute atomic E-state index is 12.1. The maximum Gasteiger partial charge on any atom is 0.269 e. The minimum absolute atomic E-state index is 0.0194. The fourth-order valence-corrected chi connectivity index (χ4v) is 4.43. The molecule has 1 saturated heterocycles. The van der Waals surface area contributed by atoms with Crippen LogP contribution in [0.25, 0.3) is 0 Å². The summed E-state index contributed by atoms with van der Waals surface area (Å²) in [7, 11) is 5.75. The number of imidazole rings is 1. The van der Waals surface area contributed by atoms with E-state index in [1.54, 1.807) is 19.0 Å². The predicted molar refractivity (Wildman–Crippen MR) is 101 cm³/mol. The lowest BCUT2D eigenvalue weighted by Gasteiger charge is -2.24. The van der Waals surface area contributed by atoms with Gasteiger partial charge in [0, 0.05) is 39.1 Å². The number of likely N-dealkylation sites (tertiary alicyclic amines) is 1. The number of hydrogen-bond donors (Lipinski definition) is 1. The van der Waals surface area contributed by atoms with Gasteiger partial charge in [-0.3, -0.25) is 9.69 Å². The lowest BCUT2D eigenvalue weighted by Crippen LogP contribution is -2.25. The molecule has 1 amide bonds. The van der Waals surface area contributed by atoms with Crippen LogP contribution in [0.15, 0.2) is 12.1 Å². The molecule has 1 atom stereocenters. The highest BCUT2D eigenvalue weighted by molar-refractivity contribution is 5.92. The number of aromatic amines is 1. The third-order valence-corrected chi connectivity index (χ3v) is 5.83. The summed E-state index contributed by atoms with van der Waals surface area (Å²) in [6.07, 6.45) is 7.20. The van der Waals surface area contributed by atoms with E-state index >= 15 is 0 Å². The SMILES string of the molecule is CN(C)C(=O)c1ccc(CN2CCCC2c2nc3c(n2C)CCCC3)[nH]1. The van der Waals surface area contributed by atoms with E-state index in [0.29, 0.717) is 11.7 Å². The van der Waals surface area contributed by atoms with Crippen molar-refractivity contribution in [1.29, 1.82) is 0 Å². The van der Waals surface area contributed by atoms with Crippen LogP contribution in [-0.4, -0.2) is 50.9 Å². The smallest absolute Gasteiger partial charge is 0.269 e. The highest BCUT2D eigenvalue weighted by Crippen LogP contribution is 2.34. The number of amides is 1. The van der Waals surface area contributed by atoms with Gasteiger partial charge < -0.3 is 14.5 Å². The van der Waals surface area contributed by atoms with E-state index in [2.05, 4.69) is 21.5 Å². The Labute approximate surface area is 155 Å². The number of carbonyl (C=O) groups excluding carboxylic acids is 1. The summed E-state index contributed by atoms with van der Waals surface area (Å²) in [5, 5.41) is 0. The molecule has 1 aliphatic heterocycles. The van der Waals surface area contributed by atoms with Crippen LogP contribution < -0.4 is 0 Å². The maximum atomic E-state index is 12.1. The van der Waals surface area contributed by atoms with Gasteiger partial charge in [0.1, 0.15) is 11.5 Å². The Balaban J connectivity index is 1.53. The quantitative estimate of drug-likeness (QED) is 0.917. The van der Waals surface area contributed by atoms with Crippen molar-refractivity contribution >= 4 is 5.91 Å². The second kappa shape index (κ2) is 6.91. The number of nitrogens with zero attached hydrogens (tertiary/aromatic N) is 4. The number of H-pyrrole nitrogens is 1. The van der Waals surface area contributed by atoms with Crippen LogP contribution >= 0.6 is 0 Å². The van der Waals surface area contributed by atoms with Crippen molar-refractivity contribution in [3.05, 3.63) is 40.7 Å². The summed E-state index contributed by atoms with van der Waals surface area (Å²) in [5.74, 6) is 1.25. The van der Waals surface area contributed by atoms with E-state index in [1.165, 1.54) is 36.5 Å². The number of fused-ring (bicyclic) bond motifs is 1. The molecule has 0 spiro atoms. The molecule has 1 unspecified atom stereocenters. The third kappa shape index (κ3) is 3.07. The van der Waals surface area contributed by atoms with E-state index in [1.807, 2.05) is 12.1 Å². The minimum atomic E-state index is 0.0194. The second-order valence-corrected chi connectivity index (χ2v) is 7.85. The van der Waals surface area contributed by atoms with E-state index in [0.717, 1.165) is 38.0 Å². The lowest BCUT2D eigenvalue weighted by molar-refractivity contribution is 0.0822. The summed E-state index contributed by atoms with van der Waals surface area (Å²) < 4.78 is 2.35. The number of aromatic nitrogens is 3. The van der Waals surface area contributed by atoms with Crippen LogP contribution in [0.2, 0.25) is 0 Å². The van der Waals surface area contributed by atoms with Crippen molar-refractivity contribution in [2.75, 3.05) is 20.6 Å². The largest absolute Gasteiger partial charge is 0.353 e. The summed E-state index contributed by atoms with van der Waals surface area (Å²) >= 11 is 0. The first-order chi connectivity index (χ1) is 12.5. The molecule has 6 heteroatoms. The second-order valence-electron chi connectivity index (χ2n) is 7.85. The van der Waals surface area contributed by atoms with Gasteiger partial charge in [-0.1, -0.05) is 0 Å². The first-order valence-electron chi connectivity index (χ1n) is 9.72. The highest BCUT2D eigenvalue weighted by atomic mass is 16.2. The van der Waals surface area contributed by atoms with Crippen molar-refractivity contribution < 1.29 is 4.79 Å². The minimum Gasteiger partial charge on any atom is -0.353 e. The van der Waals surface area contributed by atoms with Crippen LogP contribution in [0.3, 0.4) is 0 Å². The Kier molecular flexibility index (Phi) is 4.61. The van der Waals surface area contributed by atoms with Crippen molar-refractivity contribution in [3.8, 4) is 0 Å². The summed E-state index contributed by atoms with van der Waals surface area (Å²) in [5.41, 5.74) is 4.52. The number of carbonyl (C=O) groups is 1. The first kappa shape index (κ1) is 17.3. The molecule has 140 valence electrons. The molecule has 0 radical (unpaired) electrons. The van der Waals surface area contributed by atoms with Crippen molar-refractivity contribution in [2.45, 2.75) is 51.1 Å². The summed E-state index contributed by atoms with van der Waals surface area (Å²) in [6, 6.07) is 4.31. The zero-order valence-electron chi connectivity index (χ0n) is 16.1. The van der Waals surface area contributed by atoms with Crippen molar-refractivity contribution in [3.63, 3.8) is 0 Å². The molecule has 1 fully saturated rings. The van der Waals surface area contributed by atoms with Crippen LogP contribution in [0.1, 0.15) is 65.1 Å². The Morgan fingerprint density at radius 2 is 2.08 bits per heavy atom. The number of aryl methyl sites for hydroxylation is 1. The molecular formula is C20H29N5O. The molecule has 4 rings (SSSR count). The fourth-order valence-electron chi connectivity index (χ4n) is 4.43. The fraction of sp³-hybridized carbons (Fsp3) is 0.600. The predicted octanol–water partition coefficient (Wildman–Crippen LogP) is 2.67. The van der Waals surface area contributed by atoms with Crippen LogP contribution in [-0.2, 0) is 26.4 Å². The summed E-state index contributed by atoms with van der Waals surface area (Å²) in [4.78, 5) is 24.5. The number of rotatable bonds is 4. The molecule has 3 heterocycles. The molecule has 0 saturated carbocycles. The Bertz CT molecular complexity index is 803. The van der Waals surface area contributed by atoms with Crippen LogP contribution in [0, 0.1) is 0 Å². The van der Waals surface area contributed by atoms with Crippen molar-refractivity contribution in [2.24, 2.45) is 7.05 Å². The van der Waals surface area contributed by atoms with Gasteiger partial charge in [-0.25, -0.2) is 4.98 Å². The molecule has 2 aromatic heterocycles. The van der Waals surface area contributed by atoms with Gasteiger partial charge in [-0.2, -0.15) is 0 Å². The molecule has 1 N–H and O–H groups in total. The first-order valence-corrected chi connectivity index (χ1v) is 9.72. The molecule has 2 aliphatic rings. The van der Waals surface area contributed by atoms with E-state index < -0.39 is 0 Å². The normalized spacial score (nSPS) is 20.3. The monoisotopic (exact) mass is 355 g/mol. The van der Waals surface area contributed by atoms with Crippen molar-refractivity contribution in [1.82, 2.24) is 24.3 Å². The Morgan fingerprint density at radius 1 is 1.27 bits per heavy atom. The van der Waals surface area contributed by atoms with Gasteiger partial charge in [-0.15, -0.1) is 0 Å². The lowest BCUT2D eigenvalue weighted by atomic mass is 10.0. The van der Waals surface area contributed by atoms with Gasteiger partial charge in [0.15, 0.2) is 0 Å². The van der Waals surface area contributed by atoms with E-state index in [-0.39, 0.29) is 5.91 Å². The molecule has 0 bridgehead atoms. The van der Waals surface area contributed by atoms with Crippen LogP contribution in [0.5, 0.6) is 0 Å². The van der Waals surface area contributed by atoms with Gasteiger partial charge in [0.25, 0.3) is 5.91 Å². The zero-order valence-corrected chi connectivity index (χ0v) is 16.1. The third-order valence-electron chi connectivity index (χ3n) is 5.83. The average molecular weight is 355 g/mol. The molecule has 6 nitrogen and oxygen atoms in total. The molecule has 0 aromatic carbocycles. The Morgan fingerprint density at radius 3 is 2.85 bits per heavy atom.